The van der Waals surface area contributed by atoms with Crippen LogP contribution in [0.2, 0.25) is 0 Å². The topological polar surface area (TPSA) is 50.7 Å². The van der Waals surface area contributed by atoms with Crippen molar-refractivity contribution in [3.63, 3.8) is 0 Å². The molecule has 0 bridgehead atoms. The van der Waals surface area contributed by atoms with Gasteiger partial charge in [-0.2, -0.15) is 0 Å². The summed E-state index contributed by atoms with van der Waals surface area (Å²) in [4.78, 5) is 9.85. The number of amidine groups is 2. The average molecular weight is 712 g/mol. The Morgan fingerprint density at radius 2 is 1.29 bits per heavy atom. The maximum atomic E-state index is 6.51. The molecule has 7 rings (SSSR count). The standard InChI is InChI=1S/C52H45N3/c1-5-7-9-19-37(4)52(55-51(53)39-20-10-8-11-21-39)54-35-43-32-41-22-12-13-23-42(41)34-49(43)38(18-6-2)29-28-36(3)40-30-31-48-46-26-15-14-24-44(46)45-25-16-17-27-47(45)50(48)33-40/h5-34,36H,2,4,35H2,1,3H3,(H2,53,54,55)/b7-5-,19-9-,29-28-,38-18+. The number of rotatable bonds is 11. The Hall–Kier alpha value is -6.84. The van der Waals surface area contributed by atoms with Gasteiger partial charge in [0.05, 0.1) is 6.54 Å². The van der Waals surface area contributed by atoms with E-state index < -0.39 is 0 Å². The number of nitrogens with zero attached hydrogens (tertiary/aromatic N) is 2. The normalized spacial score (nSPS) is 13.6. The van der Waals surface area contributed by atoms with E-state index in [-0.39, 0.29) is 5.92 Å². The lowest BCUT2D eigenvalue weighted by molar-refractivity contribution is 0.971. The Balaban J connectivity index is 1.27. The molecule has 268 valence electrons. The van der Waals surface area contributed by atoms with E-state index >= 15 is 0 Å². The Morgan fingerprint density at radius 3 is 1.95 bits per heavy atom. The smallest absolute Gasteiger partial charge is 0.156 e. The van der Waals surface area contributed by atoms with Gasteiger partial charge in [0, 0.05) is 11.1 Å². The Kier molecular flexibility index (Phi) is 11.2. The van der Waals surface area contributed by atoms with Gasteiger partial charge in [-0.3, -0.25) is 4.99 Å². The van der Waals surface area contributed by atoms with Crippen LogP contribution in [0.1, 0.15) is 42.0 Å². The van der Waals surface area contributed by atoms with Gasteiger partial charge in [0.15, 0.2) is 5.84 Å². The van der Waals surface area contributed by atoms with E-state index in [1.54, 1.807) is 0 Å². The lowest BCUT2D eigenvalue weighted by Crippen LogP contribution is -2.16. The molecule has 3 heteroatoms. The second-order valence-electron chi connectivity index (χ2n) is 13.7. The highest BCUT2D eigenvalue weighted by Gasteiger charge is 2.13. The summed E-state index contributed by atoms with van der Waals surface area (Å²) in [6, 6.07) is 47.0. The van der Waals surface area contributed by atoms with E-state index in [4.69, 9.17) is 15.7 Å². The summed E-state index contributed by atoms with van der Waals surface area (Å²) in [5.74, 6) is 1.02. The van der Waals surface area contributed by atoms with Crippen LogP contribution < -0.4 is 5.73 Å². The molecule has 0 spiro atoms. The Morgan fingerprint density at radius 1 is 0.691 bits per heavy atom. The molecule has 0 aliphatic rings. The van der Waals surface area contributed by atoms with E-state index in [1.807, 2.05) is 67.6 Å². The van der Waals surface area contributed by atoms with Gasteiger partial charge in [-0.1, -0.05) is 184 Å². The van der Waals surface area contributed by atoms with Crippen molar-refractivity contribution in [2.45, 2.75) is 26.3 Å². The third kappa shape index (κ3) is 8.07. The molecule has 0 saturated heterocycles. The third-order valence-corrected chi connectivity index (χ3v) is 10.0. The lowest BCUT2D eigenvalue weighted by Gasteiger charge is -2.15. The van der Waals surface area contributed by atoms with Gasteiger partial charge < -0.3 is 5.73 Å². The van der Waals surface area contributed by atoms with E-state index in [2.05, 4.69) is 141 Å². The highest BCUT2D eigenvalue weighted by Crippen LogP contribution is 2.37. The molecule has 1 atom stereocenters. The molecule has 0 aliphatic heterocycles. The fraction of sp³-hybridized carbons (Fsp3) is 0.0769. The van der Waals surface area contributed by atoms with Gasteiger partial charge in [0.25, 0.3) is 0 Å². The summed E-state index contributed by atoms with van der Waals surface area (Å²) in [6.07, 6.45) is 16.2. The summed E-state index contributed by atoms with van der Waals surface area (Å²) in [5.41, 5.74) is 12.5. The zero-order valence-corrected chi connectivity index (χ0v) is 31.5. The first-order chi connectivity index (χ1) is 26.9. The molecule has 0 aliphatic carbocycles. The quantitative estimate of drug-likeness (QED) is 0.0617. The van der Waals surface area contributed by atoms with Crippen molar-refractivity contribution in [3.05, 3.63) is 223 Å². The van der Waals surface area contributed by atoms with Crippen LogP contribution >= 0.6 is 0 Å². The van der Waals surface area contributed by atoms with Gasteiger partial charge in [-0.05, 0) is 96.4 Å². The molecule has 2 N–H and O–H groups in total. The van der Waals surface area contributed by atoms with Crippen LogP contribution in [0.4, 0.5) is 0 Å². The lowest BCUT2D eigenvalue weighted by atomic mass is 9.90. The summed E-state index contributed by atoms with van der Waals surface area (Å²) < 4.78 is 0. The third-order valence-electron chi connectivity index (χ3n) is 10.0. The van der Waals surface area contributed by atoms with E-state index in [0.29, 0.717) is 23.8 Å². The first-order valence-electron chi connectivity index (χ1n) is 18.7. The van der Waals surface area contributed by atoms with Crippen LogP contribution in [0.3, 0.4) is 0 Å². The molecule has 0 aromatic heterocycles. The van der Waals surface area contributed by atoms with Crippen molar-refractivity contribution < 1.29 is 0 Å². The minimum Gasteiger partial charge on any atom is -0.383 e. The van der Waals surface area contributed by atoms with Crippen LogP contribution in [0.5, 0.6) is 0 Å². The zero-order chi connectivity index (χ0) is 38.1. The first-order valence-corrected chi connectivity index (χ1v) is 18.7. The summed E-state index contributed by atoms with van der Waals surface area (Å²) in [6.45, 7) is 13.0. The Bertz CT molecular complexity index is 2700. The summed E-state index contributed by atoms with van der Waals surface area (Å²) >= 11 is 0. The van der Waals surface area contributed by atoms with Crippen LogP contribution in [0.15, 0.2) is 211 Å². The van der Waals surface area contributed by atoms with E-state index in [9.17, 15) is 0 Å². The van der Waals surface area contributed by atoms with Gasteiger partial charge in [-0.15, -0.1) is 0 Å². The molecule has 0 saturated carbocycles. The van der Waals surface area contributed by atoms with Crippen molar-refractivity contribution in [2.75, 3.05) is 0 Å². The molecule has 0 heterocycles. The highest BCUT2D eigenvalue weighted by molar-refractivity contribution is 6.25. The monoisotopic (exact) mass is 711 g/mol. The molecule has 0 amide bonds. The minimum atomic E-state index is 0.152. The van der Waals surface area contributed by atoms with Crippen molar-refractivity contribution in [3.8, 4) is 0 Å². The second kappa shape index (κ2) is 16.9. The molecule has 1 unspecified atom stereocenters. The van der Waals surface area contributed by atoms with Crippen LogP contribution in [0.25, 0.3) is 48.7 Å². The number of hydrogen-bond acceptors (Lipinski definition) is 1. The average Bonchev–Trinajstić information content (AvgIpc) is 3.23. The number of aliphatic imine (C=N–C) groups is 2. The molecular weight excluding hydrogens is 667 g/mol. The van der Waals surface area contributed by atoms with Crippen molar-refractivity contribution in [1.82, 2.24) is 0 Å². The molecule has 0 fully saturated rings. The molecule has 7 aromatic rings. The fourth-order valence-corrected chi connectivity index (χ4v) is 7.13. The van der Waals surface area contributed by atoms with Crippen LogP contribution in [0, 0.1) is 0 Å². The van der Waals surface area contributed by atoms with Gasteiger partial charge in [0.2, 0.25) is 0 Å². The summed E-state index contributed by atoms with van der Waals surface area (Å²) in [7, 11) is 0. The predicted molar refractivity (Wildman–Crippen MR) is 240 cm³/mol. The molecule has 3 nitrogen and oxygen atoms in total. The SMILES string of the molecule is C=C/C=C(\C=C/C(C)c1ccc2c3ccccc3c3ccccc3c2c1)c1cc2ccccc2cc1C/N=C(\N=C(/N)c1ccccc1)C(=C)/C=C\C=C/C. The van der Waals surface area contributed by atoms with Crippen molar-refractivity contribution >= 4 is 60.3 Å². The maximum Gasteiger partial charge on any atom is 0.156 e. The number of hydrogen-bond donors (Lipinski definition) is 1. The van der Waals surface area contributed by atoms with Crippen molar-refractivity contribution in [2.24, 2.45) is 15.7 Å². The second-order valence-corrected chi connectivity index (χ2v) is 13.7. The largest absolute Gasteiger partial charge is 0.383 e. The van der Waals surface area contributed by atoms with Gasteiger partial charge in [-0.25, -0.2) is 4.99 Å². The van der Waals surface area contributed by atoms with Gasteiger partial charge in [0.1, 0.15) is 5.84 Å². The molecule has 55 heavy (non-hydrogen) atoms. The van der Waals surface area contributed by atoms with Gasteiger partial charge >= 0.3 is 0 Å². The number of fused-ring (bicyclic) bond motifs is 7. The fourth-order valence-electron chi connectivity index (χ4n) is 7.13. The summed E-state index contributed by atoms with van der Waals surface area (Å²) in [5, 5.41) is 9.97. The van der Waals surface area contributed by atoms with E-state index in [0.717, 1.165) is 33.0 Å². The highest BCUT2D eigenvalue weighted by atomic mass is 15.0. The molecule has 7 aromatic carbocycles. The zero-order valence-electron chi connectivity index (χ0n) is 31.5. The maximum absolute atomic E-state index is 6.51. The Labute approximate surface area is 324 Å². The number of benzene rings is 7. The minimum absolute atomic E-state index is 0.152. The van der Waals surface area contributed by atoms with Crippen LogP contribution in [-0.4, -0.2) is 11.7 Å². The number of allylic oxidation sites excluding steroid dienone is 8. The van der Waals surface area contributed by atoms with Crippen LogP contribution in [-0.2, 0) is 6.54 Å². The van der Waals surface area contributed by atoms with E-state index in [1.165, 1.54) is 37.9 Å². The predicted octanol–water partition coefficient (Wildman–Crippen LogP) is 13.2. The van der Waals surface area contributed by atoms with Crippen molar-refractivity contribution in [1.29, 1.82) is 0 Å². The number of nitrogens with two attached hydrogens (primary N) is 1. The molecular formula is C52H45N3. The first kappa shape index (κ1) is 36.5. The molecule has 0 radical (unpaired) electrons.